The van der Waals surface area contributed by atoms with Gasteiger partial charge in [0.25, 0.3) is 0 Å². The van der Waals surface area contributed by atoms with Crippen molar-refractivity contribution in [3.8, 4) is 0 Å². The molecule has 0 aliphatic heterocycles. The number of nitrogens with zero attached hydrogens (tertiary/aromatic N) is 2. The van der Waals surface area contributed by atoms with Crippen LogP contribution in [0.3, 0.4) is 0 Å². The van der Waals surface area contributed by atoms with Crippen LogP contribution in [-0.2, 0) is 5.75 Å². The summed E-state index contributed by atoms with van der Waals surface area (Å²) in [5.41, 5.74) is 1.89. The number of thiophene rings is 1. The maximum absolute atomic E-state index is 10.8. The Morgan fingerprint density at radius 2 is 2.00 bits per heavy atom. The summed E-state index contributed by atoms with van der Waals surface area (Å²) in [4.78, 5) is 20.8. The second-order valence-corrected chi connectivity index (χ2v) is 5.90. The largest absolute Gasteiger partial charge is 0.477 e. The molecule has 0 unspecified atom stereocenters. The Balaban J connectivity index is 2.04. The summed E-state index contributed by atoms with van der Waals surface area (Å²) < 4.78 is 0. The second-order valence-electron chi connectivity index (χ2n) is 3.79. The molecule has 0 radical (unpaired) electrons. The lowest BCUT2D eigenvalue weighted by Crippen LogP contribution is -1.92. The van der Waals surface area contributed by atoms with Gasteiger partial charge in [0, 0.05) is 22.0 Å². The van der Waals surface area contributed by atoms with Gasteiger partial charge in [-0.15, -0.1) is 11.3 Å². The third-order valence-corrected chi connectivity index (χ3v) is 4.33. The molecule has 2 aromatic rings. The van der Waals surface area contributed by atoms with E-state index in [0.29, 0.717) is 10.6 Å². The van der Waals surface area contributed by atoms with Gasteiger partial charge in [-0.1, -0.05) is 11.8 Å². The molecular weight excluding hydrogens is 268 g/mol. The number of carbonyl (C=O) groups is 1. The SMILES string of the molecule is Cc1cc(C)nc(SCc2ccc(C(=O)O)s2)n1. The Labute approximate surface area is 113 Å². The Morgan fingerprint density at radius 3 is 2.56 bits per heavy atom. The van der Waals surface area contributed by atoms with E-state index >= 15 is 0 Å². The molecule has 0 aliphatic rings. The first-order valence-corrected chi connectivity index (χ1v) is 7.12. The third-order valence-electron chi connectivity index (χ3n) is 2.18. The zero-order valence-corrected chi connectivity index (χ0v) is 11.6. The molecule has 94 valence electrons. The van der Waals surface area contributed by atoms with Gasteiger partial charge in [0.05, 0.1) is 0 Å². The van der Waals surface area contributed by atoms with E-state index in [1.807, 2.05) is 26.0 Å². The van der Waals surface area contributed by atoms with Gasteiger partial charge in [0.1, 0.15) is 4.88 Å². The van der Waals surface area contributed by atoms with Gasteiger partial charge in [0.15, 0.2) is 5.16 Å². The standard InChI is InChI=1S/C12H12N2O2S2/c1-7-5-8(2)14-12(13-7)17-6-9-3-4-10(18-9)11(15)16/h3-5H,6H2,1-2H3,(H,15,16). The molecule has 0 bridgehead atoms. The summed E-state index contributed by atoms with van der Waals surface area (Å²) in [6.07, 6.45) is 0. The first-order valence-electron chi connectivity index (χ1n) is 5.31. The van der Waals surface area contributed by atoms with Crippen molar-refractivity contribution < 1.29 is 9.90 Å². The molecule has 2 heterocycles. The normalized spacial score (nSPS) is 10.6. The van der Waals surface area contributed by atoms with Gasteiger partial charge in [-0.25, -0.2) is 14.8 Å². The lowest BCUT2D eigenvalue weighted by Gasteiger charge is -2.01. The van der Waals surface area contributed by atoms with E-state index in [9.17, 15) is 4.79 Å². The topological polar surface area (TPSA) is 63.1 Å². The Bertz CT molecular complexity index is 561. The molecule has 0 aromatic carbocycles. The lowest BCUT2D eigenvalue weighted by molar-refractivity contribution is 0.0702. The van der Waals surface area contributed by atoms with Crippen LogP contribution in [0.25, 0.3) is 0 Å². The molecular formula is C12H12N2O2S2. The molecule has 4 nitrogen and oxygen atoms in total. The summed E-state index contributed by atoms with van der Waals surface area (Å²) in [7, 11) is 0. The second kappa shape index (κ2) is 5.49. The zero-order valence-electron chi connectivity index (χ0n) is 10.0. The van der Waals surface area contributed by atoms with Crippen molar-refractivity contribution in [2.24, 2.45) is 0 Å². The average molecular weight is 280 g/mol. The Morgan fingerprint density at radius 1 is 1.33 bits per heavy atom. The molecule has 2 aromatic heterocycles. The molecule has 1 N–H and O–H groups in total. The highest BCUT2D eigenvalue weighted by molar-refractivity contribution is 7.98. The number of rotatable bonds is 4. The number of hydrogen-bond acceptors (Lipinski definition) is 5. The van der Waals surface area contributed by atoms with E-state index in [1.165, 1.54) is 23.1 Å². The van der Waals surface area contributed by atoms with Crippen LogP contribution in [0, 0.1) is 13.8 Å². The Kier molecular flexibility index (Phi) is 3.98. The molecule has 2 rings (SSSR count). The first kappa shape index (κ1) is 13.0. The number of aryl methyl sites for hydroxylation is 2. The van der Waals surface area contributed by atoms with Crippen molar-refractivity contribution in [3.05, 3.63) is 39.3 Å². The minimum atomic E-state index is -0.876. The van der Waals surface area contributed by atoms with E-state index in [2.05, 4.69) is 9.97 Å². The maximum atomic E-state index is 10.8. The fourth-order valence-electron chi connectivity index (χ4n) is 1.46. The monoisotopic (exact) mass is 280 g/mol. The highest BCUT2D eigenvalue weighted by Crippen LogP contribution is 2.25. The number of thioether (sulfide) groups is 1. The van der Waals surface area contributed by atoms with Crippen LogP contribution < -0.4 is 0 Å². The van der Waals surface area contributed by atoms with Gasteiger partial charge >= 0.3 is 5.97 Å². The molecule has 0 spiro atoms. The minimum Gasteiger partial charge on any atom is -0.477 e. The van der Waals surface area contributed by atoms with Crippen LogP contribution in [0.4, 0.5) is 0 Å². The van der Waals surface area contributed by atoms with E-state index in [4.69, 9.17) is 5.11 Å². The predicted molar refractivity (Wildman–Crippen MR) is 72.3 cm³/mol. The van der Waals surface area contributed by atoms with Crippen LogP contribution in [0.2, 0.25) is 0 Å². The van der Waals surface area contributed by atoms with Crippen molar-refractivity contribution in [2.75, 3.05) is 0 Å². The highest BCUT2D eigenvalue weighted by atomic mass is 32.2. The van der Waals surface area contributed by atoms with Gasteiger partial charge in [-0.05, 0) is 32.0 Å². The summed E-state index contributed by atoms with van der Waals surface area (Å²) in [6.45, 7) is 3.87. The average Bonchev–Trinajstić information content (AvgIpc) is 2.73. The number of carboxylic acid groups (broad SMARTS) is 1. The fraction of sp³-hybridized carbons (Fsp3) is 0.250. The van der Waals surface area contributed by atoms with E-state index in [-0.39, 0.29) is 0 Å². The third kappa shape index (κ3) is 3.30. The van der Waals surface area contributed by atoms with Crippen LogP contribution in [-0.4, -0.2) is 21.0 Å². The van der Waals surface area contributed by atoms with Gasteiger partial charge < -0.3 is 5.11 Å². The summed E-state index contributed by atoms with van der Waals surface area (Å²) in [6, 6.07) is 5.40. The molecule has 0 fully saturated rings. The summed E-state index contributed by atoms with van der Waals surface area (Å²) in [5.74, 6) is -0.181. The molecule has 0 saturated heterocycles. The number of carboxylic acids is 1. The van der Waals surface area contributed by atoms with Crippen molar-refractivity contribution in [1.82, 2.24) is 9.97 Å². The predicted octanol–water partition coefficient (Wildman–Crippen LogP) is 3.15. The molecule has 18 heavy (non-hydrogen) atoms. The lowest BCUT2D eigenvalue weighted by atomic mass is 10.4. The van der Waals surface area contributed by atoms with Crippen LogP contribution in [0.15, 0.2) is 23.4 Å². The first-order chi connectivity index (χ1) is 8.54. The van der Waals surface area contributed by atoms with Gasteiger partial charge in [0.2, 0.25) is 0 Å². The van der Waals surface area contributed by atoms with Gasteiger partial charge in [-0.2, -0.15) is 0 Å². The van der Waals surface area contributed by atoms with E-state index in [1.54, 1.807) is 6.07 Å². The quantitative estimate of drug-likeness (QED) is 0.688. The fourth-order valence-corrected chi connectivity index (χ4v) is 3.30. The van der Waals surface area contributed by atoms with Crippen LogP contribution in [0.1, 0.15) is 25.9 Å². The summed E-state index contributed by atoms with van der Waals surface area (Å²) in [5, 5.41) is 9.57. The molecule has 0 saturated carbocycles. The molecule has 0 amide bonds. The smallest absolute Gasteiger partial charge is 0.345 e. The molecule has 0 atom stereocenters. The minimum absolute atomic E-state index is 0.368. The van der Waals surface area contributed by atoms with Crippen LogP contribution >= 0.6 is 23.1 Å². The maximum Gasteiger partial charge on any atom is 0.345 e. The Hall–Kier alpha value is -1.40. The number of aromatic carboxylic acids is 1. The number of aromatic nitrogens is 2. The molecule has 6 heteroatoms. The van der Waals surface area contributed by atoms with Crippen molar-refractivity contribution in [2.45, 2.75) is 24.8 Å². The van der Waals surface area contributed by atoms with Crippen molar-refractivity contribution in [1.29, 1.82) is 0 Å². The van der Waals surface area contributed by atoms with Crippen molar-refractivity contribution in [3.63, 3.8) is 0 Å². The molecule has 0 aliphatic carbocycles. The van der Waals surface area contributed by atoms with Crippen molar-refractivity contribution >= 4 is 29.1 Å². The van der Waals surface area contributed by atoms with Gasteiger partial charge in [-0.3, -0.25) is 0 Å². The van der Waals surface area contributed by atoms with E-state index < -0.39 is 5.97 Å². The highest BCUT2D eigenvalue weighted by Gasteiger charge is 2.08. The zero-order chi connectivity index (χ0) is 13.1. The van der Waals surface area contributed by atoms with Crippen LogP contribution in [0.5, 0.6) is 0 Å². The summed E-state index contributed by atoms with van der Waals surface area (Å²) >= 11 is 2.81. The number of hydrogen-bond donors (Lipinski definition) is 1. The van der Waals surface area contributed by atoms with E-state index in [0.717, 1.165) is 21.4 Å².